The molecule has 0 fully saturated rings. The molecule has 0 radical (unpaired) electrons. The summed E-state index contributed by atoms with van der Waals surface area (Å²) in [5, 5.41) is 0. The average Bonchev–Trinajstić information content (AvgIpc) is 2.54. The fraction of sp³-hybridized carbons (Fsp3) is 0.778. The van der Waals surface area contributed by atoms with E-state index in [0.717, 1.165) is 0 Å². The second-order valence-corrected chi connectivity index (χ2v) is 8.88. The molecule has 0 aromatic carbocycles. The normalized spacial score (nSPS) is 10.3. The summed E-state index contributed by atoms with van der Waals surface area (Å²) in [5.74, 6) is -1.12. The molecule has 0 bridgehead atoms. The molecule has 0 N–H and O–H groups in total. The van der Waals surface area contributed by atoms with Crippen LogP contribution in [0.1, 0.15) is 54.4 Å². The van der Waals surface area contributed by atoms with Crippen LogP contribution in [-0.4, -0.2) is 51.9 Å². The van der Waals surface area contributed by atoms with Gasteiger partial charge in [0.25, 0.3) is 0 Å². The van der Waals surface area contributed by atoms with Crippen molar-refractivity contribution < 1.29 is 55.2 Å². The minimum atomic E-state index is -0.472. The molecule has 0 aliphatic rings. The molecule has 158 valence electrons. The third kappa shape index (κ3) is 21.1. The van der Waals surface area contributed by atoms with Gasteiger partial charge in [-0.15, -0.1) is 0 Å². The number of rotatable bonds is 6. The Kier molecular flexibility index (Phi) is 18.1. The third-order valence-corrected chi connectivity index (χ3v) is 3.43. The summed E-state index contributed by atoms with van der Waals surface area (Å²) >= 11 is -0.472. The third-order valence-electron chi connectivity index (χ3n) is 2.90. The van der Waals surface area contributed by atoms with Gasteiger partial charge < -0.3 is 9.47 Å². The van der Waals surface area contributed by atoms with Gasteiger partial charge in [0.05, 0.1) is 14.2 Å². The van der Waals surface area contributed by atoms with E-state index in [9.17, 15) is 19.2 Å². The molecule has 0 atom stereocenters. The van der Waals surface area contributed by atoms with Crippen molar-refractivity contribution in [2.24, 2.45) is 10.8 Å². The second kappa shape index (κ2) is 15.9. The SMILES string of the molecule is COC(=O)CC(=O)C(C)(C)C.COC(=O)CC(=O)C(C)(C)C.C[O][Ti][O]C. The van der Waals surface area contributed by atoms with Crippen molar-refractivity contribution in [3.63, 3.8) is 0 Å². The molecule has 0 aliphatic heterocycles. The minimum absolute atomic E-state index is 0.0932. The number of esters is 2. The van der Waals surface area contributed by atoms with Crippen LogP contribution in [0, 0.1) is 10.8 Å². The molecule has 9 heteroatoms. The Bertz CT molecular complexity index is 419. The van der Waals surface area contributed by atoms with E-state index >= 15 is 0 Å². The second-order valence-electron chi connectivity index (χ2n) is 7.34. The van der Waals surface area contributed by atoms with Gasteiger partial charge in [-0.05, 0) is 0 Å². The first kappa shape index (κ1) is 30.6. The van der Waals surface area contributed by atoms with Gasteiger partial charge >= 0.3 is 52.7 Å². The van der Waals surface area contributed by atoms with Crippen LogP contribution in [0.2, 0.25) is 0 Å². The molecule has 0 unspecified atom stereocenters. The number of hydrogen-bond acceptors (Lipinski definition) is 8. The Hall–Kier alpha value is -1.09. The van der Waals surface area contributed by atoms with E-state index in [4.69, 9.17) is 0 Å². The molecule has 0 spiro atoms. The van der Waals surface area contributed by atoms with Gasteiger partial charge in [-0.3, -0.25) is 19.2 Å². The number of ether oxygens (including phenoxy) is 2. The molecule has 0 amide bonds. The molecule has 0 aromatic rings. The number of Topliss-reactive ketones (excluding diaryl/α,β-unsaturated/α-hetero) is 2. The van der Waals surface area contributed by atoms with E-state index in [1.54, 1.807) is 55.8 Å². The van der Waals surface area contributed by atoms with Crippen molar-refractivity contribution >= 4 is 23.5 Å². The maximum atomic E-state index is 11.1. The van der Waals surface area contributed by atoms with Crippen LogP contribution < -0.4 is 0 Å². The van der Waals surface area contributed by atoms with Gasteiger partial charge in [0.15, 0.2) is 0 Å². The Balaban J connectivity index is -0.000000344. The average molecular weight is 426 g/mol. The van der Waals surface area contributed by atoms with Crippen molar-refractivity contribution in [3.05, 3.63) is 0 Å². The summed E-state index contributed by atoms with van der Waals surface area (Å²) in [7, 11) is 5.84. The van der Waals surface area contributed by atoms with E-state index in [1.807, 2.05) is 0 Å². The van der Waals surface area contributed by atoms with E-state index in [2.05, 4.69) is 16.1 Å². The standard InChI is InChI=1S/2C8H14O3.2CH3O.Ti/c2*1-8(2,3)6(9)5-7(10)11-4;2*1-2;/h2*5H2,1-4H3;2*1H3;/q;;2*-1;+2. The van der Waals surface area contributed by atoms with Crippen LogP contribution in [0.15, 0.2) is 0 Å². The van der Waals surface area contributed by atoms with Crippen LogP contribution in [0.25, 0.3) is 0 Å². The van der Waals surface area contributed by atoms with E-state index < -0.39 is 42.7 Å². The number of hydrogen-bond donors (Lipinski definition) is 0. The fourth-order valence-corrected chi connectivity index (χ4v) is 1.28. The molecule has 0 aromatic heterocycles. The van der Waals surface area contributed by atoms with Crippen molar-refractivity contribution in [3.8, 4) is 0 Å². The number of carbonyl (C=O) groups excluding carboxylic acids is 4. The van der Waals surface area contributed by atoms with Gasteiger partial charge in [0.1, 0.15) is 24.4 Å². The molecular weight excluding hydrogens is 392 g/mol. The predicted molar refractivity (Wildman–Crippen MR) is 96.2 cm³/mol. The molecule has 0 heterocycles. The summed E-state index contributed by atoms with van der Waals surface area (Å²) < 4.78 is 17.9. The van der Waals surface area contributed by atoms with E-state index in [0.29, 0.717) is 0 Å². The molecule has 27 heavy (non-hydrogen) atoms. The van der Waals surface area contributed by atoms with E-state index in [-0.39, 0.29) is 24.4 Å². The van der Waals surface area contributed by atoms with Gasteiger partial charge in [0, 0.05) is 10.8 Å². The zero-order valence-corrected chi connectivity index (χ0v) is 19.7. The molecule has 0 saturated carbocycles. The Morgan fingerprint density at radius 3 is 1.00 bits per heavy atom. The quantitative estimate of drug-likeness (QED) is 0.363. The van der Waals surface area contributed by atoms with Crippen LogP contribution in [0.4, 0.5) is 0 Å². The summed E-state index contributed by atoms with van der Waals surface area (Å²) in [5.41, 5.74) is -0.900. The predicted octanol–water partition coefficient (Wildman–Crippen LogP) is 2.52. The fourth-order valence-electron chi connectivity index (χ4n) is 1.02. The Morgan fingerprint density at radius 1 is 0.630 bits per heavy atom. The summed E-state index contributed by atoms with van der Waals surface area (Å²) in [6.45, 7) is 10.7. The van der Waals surface area contributed by atoms with Crippen molar-refractivity contribution in [1.29, 1.82) is 0 Å². The topological polar surface area (TPSA) is 105 Å². The Morgan fingerprint density at radius 2 is 0.889 bits per heavy atom. The van der Waals surface area contributed by atoms with E-state index in [1.165, 1.54) is 14.2 Å². The number of carbonyl (C=O) groups is 4. The van der Waals surface area contributed by atoms with Gasteiger partial charge in [-0.2, -0.15) is 0 Å². The van der Waals surface area contributed by atoms with Crippen LogP contribution in [-0.2, 0) is 55.2 Å². The van der Waals surface area contributed by atoms with Gasteiger partial charge in [-0.25, -0.2) is 0 Å². The first-order valence-electron chi connectivity index (χ1n) is 8.18. The summed E-state index contributed by atoms with van der Waals surface area (Å²) in [4.78, 5) is 43.5. The number of methoxy groups -OCH3 is 2. The van der Waals surface area contributed by atoms with Gasteiger partial charge in [-0.1, -0.05) is 41.5 Å². The van der Waals surface area contributed by atoms with Crippen LogP contribution >= 0.6 is 0 Å². The van der Waals surface area contributed by atoms with Crippen molar-refractivity contribution in [2.45, 2.75) is 54.4 Å². The number of ketones is 2. The van der Waals surface area contributed by atoms with Crippen LogP contribution in [0.3, 0.4) is 0 Å². The maximum absolute atomic E-state index is 11.1. The monoisotopic (exact) mass is 426 g/mol. The first-order chi connectivity index (χ1) is 12.2. The molecular formula is C18H34O8Ti. The Labute approximate surface area is 172 Å². The zero-order chi connectivity index (χ0) is 22.3. The van der Waals surface area contributed by atoms with Gasteiger partial charge in [0.2, 0.25) is 0 Å². The zero-order valence-electron chi connectivity index (χ0n) is 18.2. The summed E-state index contributed by atoms with van der Waals surface area (Å²) in [6.07, 6.45) is -0.250. The molecule has 8 nitrogen and oxygen atoms in total. The first-order valence-corrected chi connectivity index (χ1v) is 9.46. The van der Waals surface area contributed by atoms with Crippen molar-refractivity contribution in [1.82, 2.24) is 0 Å². The van der Waals surface area contributed by atoms with Crippen LogP contribution in [0.5, 0.6) is 0 Å². The summed E-state index contributed by atoms with van der Waals surface area (Å²) in [6, 6.07) is 0. The molecule has 0 rings (SSSR count). The van der Waals surface area contributed by atoms with Crippen molar-refractivity contribution in [2.75, 3.05) is 28.4 Å². The molecule has 0 aliphatic carbocycles. The molecule has 0 saturated heterocycles.